The van der Waals surface area contributed by atoms with Crippen molar-refractivity contribution in [3.05, 3.63) is 47.2 Å². The van der Waals surface area contributed by atoms with Crippen molar-refractivity contribution in [2.75, 3.05) is 13.1 Å². The number of benzene rings is 1. The first-order valence-corrected chi connectivity index (χ1v) is 8.98. The Hall–Kier alpha value is -1.88. The molecule has 1 saturated carbocycles. The maximum Gasteiger partial charge on any atom is 0.233 e. The largest absolute Gasteiger partial charge is 0.340 e. The van der Waals surface area contributed by atoms with E-state index in [9.17, 15) is 4.79 Å². The van der Waals surface area contributed by atoms with Crippen molar-refractivity contribution in [1.29, 1.82) is 0 Å². The Bertz CT molecular complexity index is 707. The van der Waals surface area contributed by atoms with E-state index in [1.165, 1.54) is 0 Å². The van der Waals surface area contributed by atoms with Crippen LogP contribution in [0.2, 0.25) is 5.02 Å². The third-order valence-electron chi connectivity index (χ3n) is 5.53. The summed E-state index contributed by atoms with van der Waals surface area (Å²) in [5.74, 6) is 0.268. The minimum Gasteiger partial charge on any atom is -0.340 e. The van der Waals surface area contributed by atoms with Crippen LogP contribution in [-0.2, 0) is 10.2 Å². The maximum atomic E-state index is 13.4. The van der Waals surface area contributed by atoms with Gasteiger partial charge in [0.1, 0.15) is 0 Å². The first kappa shape index (κ1) is 15.6. The Labute approximate surface area is 146 Å². The fourth-order valence-electron chi connectivity index (χ4n) is 4.23. The van der Waals surface area contributed by atoms with Gasteiger partial charge in [0, 0.05) is 24.3 Å². The second-order valence-electron chi connectivity index (χ2n) is 6.87. The highest BCUT2D eigenvalue weighted by molar-refractivity contribution is 6.30. The van der Waals surface area contributed by atoms with Gasteiger partial charge in [0.05, 0.1) is 17.7 Å². The Balaban J connectivity index is 1.58. The highest BCUT2D eigenvalue weighted by Crippen LogP contribution is 2.43. The van der Waals surface area contributed by atoms with Crippen LogP contribution in [0, 0.1) is 0 Å². The summed E-state index contributed by atoms with van der Waals surface area (Å²) in [5, 5.41) is 8.68. The number of hydrogen-bond acceptors (Lipinski definition) is 3. The van der Waals surface area contributed by atoms with Crippen LogP contribution in [0.3, 0.4) is 0 Å². The average molecular weight is 345 g/mol. The van der Waals surface area contributed by atoms with Crippen molar-refractivity contribution < 1.29 is 4.79 Å². The number of carbonyl (C=O) groups is 1. The highest BCUT2D eigenvalue weighted by atomic mass is 35.5. The van der Waals surface area contributed by atoms with Gasteiger partial charge in [-0.2, -0.15) is 0 Å². The molecule has 4 rings (SSSR count). The molecule has 24 heavy (non-hydrogen) atoms. The van der Waals surface area contributed by atoms with Gasteiger partial charge >= 0.3 is 0 Å². The molecule has 1 amide bonds. The molecule has 0 radical (unpaired) electrons. The van der Waals surface area contributed by atoms with Gasteiger partial charge in [-0.05, 0) is 37.0 Å². The molecule has 1 aromatic carbocycles. The quantitative estimate of drug-likeness (QED) is 0.859. The molecular formula is C18H21ClN4O. The molecule has 2 heterocycles. The molecule has 0 bridgehead atoms. The molecular weight excluding hydrogens is 324 g/mol. The van der Waals surface area contributed by atoms with Gasteiger partial charge in [-0.15, -0.1) is 5.10 Å². The molecule has 0 spiro atoms. The summed E-state index contributed by atoms with van der Waals surface area (Å²) in [7, 11) is 0. The summed E-state index contributed by atoms with van der Waals surface area (Å²) >= 11 is 6.04. The van der Waals surface area contributed by atoms with E-state index < -0.39 is 0 Å². The molecule has 1 aliphatic carbocycles. The maximum absolute atomic E-state index is 13.4. The summed E-state index contributed by atoms with van der Waals surface area (Å²) in [6.45, 7) is 1.51. The van der Waals surface area contributed by atoms with Gasteiger partial charge in [-0.1, -0.05) is 41.8 Å². The fourth-order valence-corrected chi connectivity index (χ4v) is 4.36. The van der Waals surface area contributed by atoms with Gasteiger partial charge in [-0.3, -0.25) is 4.79 Å². The SMILES string of the molecule is O=C(N1CCC(n2ccnn2)C1)C1(c2ccc(Cl)cc2)CCCC1. The van der Waals surface area contributed by atoms with Crippen molar-refractivity contribution >= 4 is 17.5 Å². The van der Waals surface area contributed by atoms with Gasteiger partial charge in [0.15, 0.2) is 0 Å². The molecule has 126 valence electrons. The average Bonchev–Trinajstić information content (AvgIpc) is 3.34. The first-order valence-electron chi connectivity index (χ1n) is 8.60. The zero-order valence-corrected chi connectivity index (χ0v) is 14.3. The monoisotopic (exact) mass is 344 g/mol. The number of rotatable bonds is 3. The second kappa shape index (κ2) is 6.20. The molecule has 2 fully saturated rings. The first-order chi connectivity index (χ1) is 11.7. The van der Waals surface area contributed by atoms with E-state index in [0.29, 0.717) is 5.02 Å². The standard InChI is InChI=1S/C18H21ClN4O/c19-15-5-3-14(4-6-15)18(8-1-2-9-18)17(24)22-11-7-16(13-22)23-12-10-20-21-23/h3-6,10,12,16H,1-2,7-9,11,13H2. The number of likely N-dealkylation sites (tertiary alicyclic amines) is 1. The molecule has 2 aliphatic rings. The van der Waals surface area contributed by atoms with Gasteiger partial charge in [0.2, 0.25) is 5.91 Å². The lowest BCUT2D eigenvalue weighted by molar-refractivity contribution is -0.136. The Morgan fingerprint density at radius 3 is 2.62 bits per heavy atom. The molecule has 2 aromatic rings. The van der Waals surface area contributed by atoms with E-state index in [2.05, 4.69) is 10.3 Å². The van der Waals surface area contributed by atoms with E-state index >= 15 is 0 Å². The van der Waals surface area contributed by atoms with Gasteiger partial charge in [-0.25, -0.2) is 4.68 Å². The molecule has 0 N–H and O–H groups in total. The van der Waals surface area contributed by atoms with Gasteiger partial charge < -0.3 is 4.90 Å². The molecule has 5 nitrogen and oxygen atoms in total. The number of halogens is 1. The minimum atomic E-state index is -0.373. The van der Waals surface area contributed by atoms with Crippen LogP contribution in [0.5, 0.6) is 0 Å². The predicted molar refractivity (Wildman–Crippen MR) is 91.9 cm³/mol. The third kappa shape index (κ3) is 2.61. The van der Waals surface area contributed by atoms with Crippen LogP contribution in [-0.4, -0.2) is 38.9 Å². The predicted octanol–water partition coefficient (Wildman–Crippen LogP) is 3.22. The summed E-state index contributed by atoms with van der Waals surface area (Å²) < 4.78 is 1.87. The zero-order chi connectivity index (χ0) is 16.6. The Morgan fingerprint density at radius 1 is 1.21 bits per heavy atom. The summed E-state index contributed by atoms with van der Waals surface area (Å²) in [4.78, 5) is 15.4. The lowest BCUT2D eigenvalue weighted by atomic mass is 9.77. The number of aromatic nitrogens is 3. The van der Waals surface area contributed by atoms with E-state index in [0.717, 1.165) is 50.8 Å². The topological polar surface area (TPSA) is 51.0 Å². The molecule has 1 saturated heterocycles. The van der Waals surface area contributed by atoms with Crippen LogP contribution in [0.25, 0.3) is 0 Å². The van der Waals surface area contributed by atoms with Crippen molar-refractivity contribution in [3.63, 3.8) is 0 Å². The van der Waals surface area contributed by atoms with Crippen LogP contribution in [0.15, 0.2) is 36.7 Å². The van der Waals surface area contributed by atoms with Crippen molar-refractivity contribution in [3.8, 4) is 0 Å². The third-order valence-corrected chi connectivity index (χ3v) is 5.78. The smallest absolute Gasteiger partial charge is 0.233 e. The van der Waals surface area contributed by atoms with E-state index in [1.807, 2.05) is 40.0 Å². The van der Waals surface area contributed by atoms with Crippen LogP contribution >= 0.6 is 11.6 Å². The van der Waals surface area contributed by atoms with Crippen LogP contribution < -0.4 is 0 Å². The molecule has 1 atom stereocenters. The van der Waals surface area contributed by atoms with E-state index in [4.69, 9.17) is 11.6 Å². The number of amides is 1. The summed E-state index contributed by atoms with van der Waals surface area (Å²) in [6, 6.07) is 8.08. The van der Waals surface area contributed by atoms with Gasteiger partial charge in [0.25, 0.3) is 0 Å². The van der Waals surface area contributed by atoms with E-state index in [-0.39, 0.29) is 17.4 Å². The highest BCUT2D eigenvalue weighted by Gasteiger charge is 2.46. The van der Waals surface area contributed by atoms with Crippen LogP contribution in [0.1, 0.15) is 43.7 Å². The Morgan fingerprint density at radius 2 is 1.96 bits per heavy atom. The normalized spacial score (nSPS) is 22.9. The summed E-state index contributed by atoms with van der Waals surface area (Å²) in [6.07, 6.45) is 8.57. The lowest BCUT2D eigenvalue weighted by Gasteiger charge is -2.33. The summed E-state index contributed by atoms with van der Waals surface area (Å²) in [5.41, 5.74) is 0.737. The van der Waals surface area contributed by atoms with Crippen molar-refractivity contribution in [1.82, 2.24) is 19.9 Å². The fraction of sp³-hybridized carbons (Fsp3) is 0.500. The van der Waals surface area contributed by atoms with Crippen LogP contribution in [0.4, 0.5) is 0 Å². The number of nitrogens with zero attached hydrogens (tertiary/aromatic N) is 4. The zero-order valence-electron chi connectivity index (χ0n) is 13.6. The lowest BCUT2D eigenvalue weighted by Crippen LogP contribution is -2.44. The molecule has 1 unspecified atom stereocenters. The van der Waals surface area contributed by atoms with Crippen molar-refractivity contribution in [2.24, 2.45) is 0 Å². The molecule has 1 aromatic heterocycles. The second-order valence-corrected chi connectivity index (χ2v) is 7.31. The van der Waals surface area contributed by atoms with E-state index in [1.54, 1.807) is 6.20 Å². The molecule has 6 heteroatoms. The minimum absolute atomic E-state index is 0.236. The Kier molecular flexibility index (Phi) is 4.04. The number of carbonyl (C=O) groups excluding carboxylic acids is 1. The van der Waals surface area contributed by atoms with Crippen molar-refractivity contribution in [2.45, 2.75) is 43.6 Å². The number of hydrogen-bond donors (Lipinski definition) is 0. The molecule has 1 aliphatic heterocycles.